The van der Waals surface area contributed by atoms with Gasteiger partial charge in [0, 0.05) is 31.7 Å². The maximum absolute atomic E-state index is 11.9. The molecule has 1 aliphatic rings. The van der Waals surface area contributed by atoms with Crippen molar-refractivity contribution in [3.8, 4) is 0 Å². The van der Waals surface area contributed by atoms with Gasteiger partial charge in [-0.3, -0.25) is 9.79 Å². The van der Waals surface area contributed by atoms with Crippen LogP contribution in [-0.4, -0.2) is 55.3 Å². The summed E-state index contributed by atoms with van der Waals surface area (Å²) in [5.41, 5.74) is 2.05. The second-order valence-electron chi connectivity index (χ2n) is 6.30. The van der Waals surface area contributed by atoms with E-state index in [9.17, 15) is 4.79 Å². The molecule has 0 radical (unpaired) electrons. The van der Waals surface area contributed by atoms with Crippen molar-refractivity contribution in [1.29, 1.82) is 0 Å². The molecule has 142 valence electrons. The standard InChI is InChI=1S/C17H28N4O3.HI/c1-6-18-17(19-8-7-14-12(3)20-24-13(14)4)21-9-11(2)15(10-21)16(22)23-5;/h11,15H,6-10H2,1-5H3,(H,18,19);1H. The Labute approximate surface area is 166 Å². The molecular formula is C17H29IN4O3. The van der Waals surface area contributed by atoms with E-state index in [2.05, 4.69) is 22.3 Å². The number of guanidine groups is 1. The number of hydrogen-bond donors (Lipinski definition) is 1. The predicted molar refractivity (Wildman–Crippen MR) is 107 cm³/mol. The smallest absolute Gasteiger partial charge is 0.310 e. The number of likely N-dealkylation sites (tertiary alicyclic amines) is 1. The van der Waals surface area contributed by atoms with Crippen molar-refractivity contribution in [1.82, 2.24) is 15.4 Å². The van der Waals surface area contributed by atoms with Crippen LogP contribution >= 0.6 is 24.0 Å². The maximum atomic E-state index is 11.9. The first kappa shape index (κ1) is 21.7. The molecule has 0 spiro atoms. The van der Waals surface area contributed by atoms with Crippen molar-refractivity contribution in [2.45, 2.75) is 34.1 Å². The summed E-state index contributed by atoms with van der Waals surface area (Å²) in [6.07, 6.45) is 0.792. The Kier molecular flexibility index (Phi) is 8.67. The van der Waals surface area contributed by atoms with Gasteiger partial charge in [-0.05, 0) is 33.1 Å². The number of carbonyl (C=O) groups is 1. The first-order valence-corrected chi connectivity index (χ1v) is 8.50. The average molecular weight is 464 g/mol. The molecule has 0 saturated carbocycles. The van der Waals surface area contributed by atoms with E-state index in [-0.39, 0.29) is 41.8 Å². The van der Waals surface area contributed by atoms with Gasteiger partial charge in [-0.25, -0.2) is 0 Å². The van der Waals surface area contributed by atoms with E-state index in [0.717, 1.165) is 42.5 Å². The minimum Gasteiger partial charge on any atom is -0.469 e. The monoisotopic (exact) mass is 464 g/mol. The minimum absolute atomic E-state index is 0. The predicted octanol–water partition coefficient (Wildman–Crippen LogP) is 2.16. The first-order valence-electron chi connectivity index (χ1n) is 8.50. The number of halogens is 1. The molecule has 2 unspecified atom stereocenters. The summed E-state index contributed by atoms with van der Waals surface area (Å²) in [4.78, 5) is 18.7. The minimum atomic E-state index is -0.142. The third kappa shape index (κ3) is 5.32. The summed E-state index contributed by atoms with van der Waals surface area (Å²) in [6.45, 7) is 10.9. The summed E-state index contributed by atoms with van der Waals surface area (Å²) in [7, 11) is 1.45. The fourth-order valence-electron chi connectivity index (χ4n) is 3.16. The van der Waals surface area contributed by atoms with Crippen LogP contribution in [0.25, 0.3) is 0 Å². The van der Waals surface area contributed by atoms with Gasteiger partial charge < -0.3 is 19.5 Å². The highest BCUT2D eigenvalue weighted by atomic mass is 127. The highest BCUT2D eigenvalue weighted by molar-refractivity contribution is 14.0. The van der Waals surface area contributed by atoms with Crippen LogP contribution in [0.15, 0.2) is 9.52 Å². The molecule has 1 aromatic rings. The van der Waals surface area contributed by atoms with E-state index in [1.807, 2.05) is 20.8 Å². The van der Waals surface area contributed by atoms with Crippen LogP contribution in [0.2, 0.25) is 0 Å². The molecule has 25 heavy (non-hydrogen) atoms. The topological polar surface area (TPSA) is 80.0 Å². The summed E-state index contributed by atoms with van der Waals surface area (Å²) >= 11 is 0. The molecule has 8 heteroatoms. The van der Waals surface area contributed by atoms with Gasteiger partial charge in [0.15, 0.2) is 5.96 Å². The van der Waals surface area contributed by atoms with Gasteiger partial charge in [-0.1, -0.05) is 12.1 Å². The van der Waals surface area contributed by atoms with E-state index in [1.165, 1.54) is 7.11 Å². The number of aryl methyl sites for hydroxylation is 2. The van der Waals surface area contributed by atoms with Gasteiger partial charge >= 0.3 is 5.97 Å². The van der Waals surface area contributed by atoms with Gasteiger partial charge in [-0.2, -0.15) is 0 Å². The van der Waals surface area contributed by atoms with Crippen molar-refractivity contribution in [2.75, 3.05) is 33.3 Å². The van der Waals surface area contributed by atoms with Crippen molar-refractivity contribution in [2.24, 2.45) is 16.8 Å². The highest BCUT2D eigenvalue weighted by Gasteiger charge is 2.36. The molecule has 0 amide bonds. The fraction of sp³-hybridized carbons (Fsp3) is 0.706. The quantitative estimate of drug-likeness (QED) is 0.312. The van der Waals surface area contributed by atoms with Crippen LogP contribution < -0.4 is 5.32 Å². The summed E-state index contributed by atoms with van der Waals surface area (Å²) in [5.74, 6) is 1.72. The van der Waals surface area contributed by atoms with Crippen LogP contribution in [0, 0.1) is 25.7 Å². The molecule has 1 saturated heterocycles. The Morgan fingerprint density at radius 3 is 2.72 bits per heavy atom. The Bertz CT molecular complexity index is 583. The largest absolute Gasteiger partial charge is 0.469 e. The molecule has 0 aliphatic carbocycles. The fourth-order valence-corrected chi connectivity index (χ4v) is 3.16. The summed E-state index contributed by atoms with van der Waals surface area (Å²) in [6, 6.07) is 0. The summed E-state index contributed by atoms with van der Waals surface area (Å²) < 4.78 is 10.1. The summed E-state index contributed by atoms with van der Waals surface area (Å²) in [5, 5.41) is 7.29. The Morgan fingerprint density at radius 1 is 1.44 bits per heavy atom. The zero-order valence-electron chi connectivity index (χ0n) is 15.7. The van der Waals surface area contributed by atoms with Crippen LogP contribution in [0.1, 0.15) is 30.9 Å². The number of nitrogens with zero attached hydrogens (tertiary/aromatic N) is 3. The van der Waals surface area contributed by atoms with Gasteiger partial charge in [0.05, 0.1) is 18.7 Å². The molecule has 2 heterocycles. The van der Waals surface area contributed by atoms with Gasteiger partial charge in [0.25, 0.3) is 0 Å². The maximum Gasteiger partial charge on any atom is 0.310 e. The number of methoxy groups -OCH3 is 1. The van der Waals surface area contributed by atoms with Crippen molar-refractivity contribution in [3.05, 3.63) is 17.0 Å². The molecule has 2 rings (SSSR count). The number of rotatable bonds is 5. The lowest BCUT2D eigenvalue weighted by molar-refractivity contribution is -0.145. The number of aliphatic imine (C=N–C) groups is 1. The molecule has 7 nitrogen and oxygen atoms in total. The lowest BCUT2D eigenvalue weighted by atomic mass is 9.99. The molecule has 0 aromatic carbocycles. The van der Waals surface area contributed by atoms with Crippen molar-refractivity contribution in [3.63, 3.8) is 0 Å². The third-order valence-electron chi connectivity index (χ3n) is 4.56. The molecular weight excluding hydrogens is 435 g/mol. The van der Waals surface area contributed by atoms with Crippen LogP contribution in [0.4, 0.5) is 0 Å². The Hall–Kier alpha value is -1.32. The number of carbonyl (C=O) groups excluding carboxylic acids is 1. The molecule has 0 bridgehead atoms. The number of aromatic nitrogens is 1. The van der Waals surface area contributed by atoms with E-state index in [1.54, 1.807) is 0 Å². The normalized spacial score (nSPS) is 20.4. The lowest BCUT2D eigenvalue weighted by Crippen LogP contribution is -2.40. The first-order chi connectivity index (χ1) is 11.5. The zero-order valence-corrected chi connectivity index (χ0v) is 18.0. The van der Waals surface area contributed by atoms with E-state index in [4.69, 9.17) is 14.3 Å². The number of nitrogens with one attached hydrogen (secondary N) is 1. The van der Waals surface area contributed by atoms with E-state index >= 15 is 0 Å². The number of ether oxygens (including phenoxy) is 1. The third-order valence-corrected chi connectivity index (χ3v) is 4.56. The average Bonchev–Trinajstić information content (AvgIpc) is 3.10. The molecule has 1 fully saturated rings. The van der Waals surface area contributed by atoms with E-state index in [0.29, 0.717) is 13.1 Å². The highest BCUT2D eigenvalue weighted by Crippen LogP contribution is 2.24. The number of hydrogen-bond acceptors (Lipinski definition) is 5. The SMILES string of the molecule is CCNC(=NCCc1c(C)noc1C)N1CC(C)C(C(=O)OC)C1.I. The molecule has 1 aromatic heterocycles. The van der Waals surface area contributed by atoms with E-state index < -0.39 is 0 Å². The zero-order chi connectivity index (χ0) is 17.7. The second-order valence-corrected chi connectivity index (χ2v) is 6.30. The number of esters is 1. The Morgan fingerprint density at radius 2 is 2.16 bits per heavy atom. The second kappa shape index (κ2) is 9.98. The van der Waals surface area contributed by atoms with Crippen LogP contribution in [0.3, 0.4) is 0 Å². The van der Waals surface area contributed by atoms with Gasteiger partial charge in [-0.15, -0.1) is 24.0 Å². The van der Waals surface area contributed by atoms with Crippen LogP contribution in [0.5, 0.6) is 0 Å². The Balaban J connectivity index is 0.00000312. The van der Waals surface area contributed by atoms with Crippen molar-refractivity contribution >= 4 is 35.9 Å². The lowest BCUT2D eigenvalue weighted by Gasteiger charge is -2.21. The molecule has 1 aliphatic heterocycles. The van der Waals surface area contributed by atoms with Gasteiger partial charge in [0.1, 0.15) is 5.76 Å². The van der Waals surface area contributed by atoms with Crippen LogP contribution in [-0.2, 0) is 16.0 Å². The van der Waals surface area contributed by atoms with Crippen molar-refractivity contribution < 1.29 is 14.1 Å². The molecule has 1 N–H and O–H groups in total. The molecule has 2 atom stereocenters. The van der Waals surface area contributed by atoms with Gasteiger partial charge in [0.2, 0.25) is 0 Å².